The molecule has 1 amide bonds. The van der Waals surface area contributed by atoms with Gasteiger partial charge < -0.3 is 20.3 Å². The van der Waals surface area contributed by atoms with Crippen LogP contribution in [0.4, 0.5) is 13.2 Å². The molecule has 0 radical (unpaired) electrons. The van der Waals surface area contributed by atoms with Crippen LogP contribution in [0.1, 0.15) is 12.8 Å². The molecule has 0 fully saturated rings. The van der Waals surface area contributed by atoms with E-state index in [1.54, 1.807) is 0 Å². The standard InChI is InChI=1S/C9H12F3NO6/c10-9(11,12)4-19-3-6(14)13-5(8(17)18)1-2-7(15)16/h5H,1-4H2,(H,13,14)(H,15,16)(H,17,18). The smallest absolute Gasteiger partial charge is 0.411 e. The lowest BCUT2D eigenvalue weighted by Crippen LogP contribution is -2.43. The Bertz CT molecular complexity index is 343. The Morgan fingerprint density at radius 1 is 1.21 bits per heavy atom. The van der Waals surface area contributed by atoms with Gasteiger partial charge in [0, 0.05) is 6.42 Å². The lowest BCUT2D eigenvalue weighted by Gasteiger charge is -2.14. The van der Waals surface area contributed by atoms with E-state index in [4.69, 9.17) is 10.2 Å². The second kappa shape index (κ2) is 7.56. The molecule has 110 valence electrons. The highest BCUT2D eigenvalue weighted by Crippen LogP contribution is 2.14. The molecule has 0 saturated carbocycles. The largest absolute Gasteiger partial charge is 0.481 e. The summed E-state index contributed by atoms with van der Waals surface area (Å²) in [6.45, 7) is -2.59. The Balaban J connectivity index is 4.10. The fourth-order valence-electron chi connectivity index (χ4n) is 1.02. The maximum absolute atomic E-state index is 11.7. The summed E-state index contributed by atoms with van der Waals surface area (Å²) in [6.07, 6.45) is -5.47. The van der Waals surface area contributed by atoms with E-state index in [1.165, 1.54) is 0 Å². The van der Waals surface area contributed by atoms with E-state index in [0.717, 1.165) is 0 Å². The zero-order valence-corrected chi connectivity index (χ0v) is 9.57. The van der Waals surface area contributed by atoms with Crippen LogP contribution in [0, 0.1) is 0 Å². The number of carboxylic acids is 2. The van der Waals surface area contributed by atoms with Crippen molar-refractivity contribution in [2.75, 3.05) is 13.2 Å². The molecule has 0 rings (SSSR count). The monoisotopic (exact) mass is 287 g/mol. The van der Waals surface area contributed by atoms with Gasteiger partial charge in [0.25, 0.3) is 0 Å². The molecule has 3 N–H and O–H groups in total. The van der Waals surface area contributed by atoms with Crippen molar-refractivity contribution in [3.63, 3.8) is 0 Å². The number of hydrogen-bond donors (Lipinski definition) is 3. The van der Waals surface area contributed by atoms with E-state index in [1.807, 2.05) is 5.32 Å². The minimum absolute atomic E-state index is 0.379. The zero-order chi connectivity index (χ0) is 15.1. The first-order chi connectivity index (χ1) is 8.61. The van der Waals surface area contributed by atoms with E-state index < -0.39 is 49.7 Å². The second-order valence-electron chi connectivity index (χ2n) is 3.50. The summed E-state index contributed by atoms with van der Waals surface area (Å²) in [5.41, 5.74) is 0. The SMILES string of the molecule is O=C(O)CCC(NC(=O)COCC(F)(F)F)C(=O)O. The van der Waals surface area contributed by atoms with Gasteiger partial charge in [-0.15, -0.1) is 0 Å². The minimum atomic E-state index is -4.59. The van der Waals surface area contributed by atoms with E-state index in [0.29, 0.717) is 0 Å². The van der Waals surface area contributed by atoms with Gasteiger partial charge in [-0.2, -0.15) is 13.2 Å². The quantitative estimate of drug-likeness (QED) is 0.579. The van der Waals surface area contributed by atoms with Crippen LogP contribution in [-0.2, 0) is 19.1 Å². The number of nitrogens with one attached hydrogen (secondary N) is 1. The number of carboxylic acid groups (broad SMARTS) is 2. The van der Waals surface area contributed by atoms with Crippen LogP contribution >= 0.6 is 0 Å². The van der Waals surface area contributed by atoms with Gasteiger partial charge in [-0.05, 0) is 6.42 Å². The third-order valence-corrected chi connectivity index (χ3v) is 1.78. The van der Waals surface area contributed by atoms with Gasteiger partial charge in [0.1, 0.15) is 19.3 Å². The number of alkyl halides is 3. The van der Waals surface area contributed by atoms with Crippen LogP contribution in [0.15, 0.2) is 0 Å². The molecule has 0 aliphatic carbocycles. The topological polar surface area (TPSA) is 113 Å². The fraction of sp³-hybridized carbons (Fsp3) is 0.667. The van der Waals surface area contributed by atoms with Crippen molar-refractivity contribution in [2.24, 2.45) is 0 Å². The number of hydrogen-bond acceptors (Lipinski definition) is 4. The van der Waals surface area contributed by atoms with Crippen molar-refractivity contribution in [3.05, 3.63) is 0 Å². The van der Waals surface area contributed by atoms with Gasteiger partial charge in [-0.25, -0.2) is 4.79 Å². The third-order valence-electron chi connectivity index (χ3n) is 1.78. The first-order valence-electron chi connectivity index (χ1n) is 5.00. The van der Waals surface area contributed by atoms with E-state index in [9.17, 15) is 27.6 Å². The van der Waals surface area contributed by atoms with Crippen molar-refractivity contribution in [1.82, 2.24) is 5.32 Å². The van der Waals surface area contributed by atoms with E-state index >= 15 is 0 Å². The summed E-state index contributed by atoms with van der Waals surface area (Å²) in [4.78, 5) is 32.0. The summed E-state index contributed by atoms with van der Waals surface area (Å²) in [6, 6.07) is -1.49. The Morgan fingerprint density at radius 2 is 1.79 bits per heavy atom. The van der Waals surface area contributed by atoms with Gasteiger partial charge in [0.2, 0.25) is 5.91 Å². The van der Waals surface area contributed by atoms with Crippen LogP contribution < -0.4 is 5.32 Å². The van der Waals surface area contributed by atoms with Gasteiger partial charge in [0.05, 0.1) is 0 Å². The highest BCUT2D eigenvalue weighted by Gasteiger charge is 2.28. The van der Waals surface area contributed by atoms with Crippen molar-refractivity contribution >= 4 is 17.8 Å². The molecule has 0 aromatic carbocycles. The molecule has 1 unspecified atom stereocenters. The number of carbonyl (C=O) groups excluding carboxylic acids is 1. The molecular weight excluding hydrogens is 275 g/mol. The van der Waals surface area contributed by atoms with E-state index in [2.05, 4.69) is 4.74 Å². The third kappa shape index (κ3) is 9.83. The molecule has 7 nitrogen and oxygen atoms in total. The number of carbonyl (C=O) groups is 3. The number of halogens is 3. The van der Waals surface area contributed by atoms with Crippen molar-refractivity contribution in [2.45, 2.75) is 25.1 Å². The number of ether oxygens (including phenoxy) is 1. The Labute approximate surface area is 105 Å². The molecule has 10 heteroatoms. The van der Waals surface area contributed by atoms with E-state index in [-0.39, 0.29) is 6.42 Å². The van der Waals surface area contributed by atoms with Crippen molar-refractivity contribution in [1.29, 1.82) is 0 Å². The molecule has 1 atom stereocenters. The number of amides is 1. The number of aliphatic carboxylic acids is 2. The summed E-state index contributed by atoms with van der Waals surface area (Å²) < 4.78 is 39.1. The normalized spacial score (nSPS) is 12.8. The molecule has 0 aromatic heterocycles. The molecular formula is C9H12F3NO6. The predicted molar refractivity (Wildman–Crippen MR) is 53.3 cm³/mol. The van der Waals surface area contributed by atoms with Crippen molar-refractivity contribution < 1.29 is 42.5 Å². The molecule has 0 aromatic rings. The molecule has 0 aliphatic rings. The average Bonchev–Trinajstić information content (AvgIpc) is 2.21. The van der Waals surface area contributed by atoms with Crippen molar-refractivity contribution in [3.8, 4) is 0 Å². The van der Waals surface area contributed by atoms with Crippen LogP contribution in [-0.4, -0.2) is 53.5 Å². The maximum atomic E-state index is 11.7. The van der Waals surface area contributed by atoms with Gasteiger partial charge in [-0.3, -0.25) is 9.59 Å². The molecule has 19 heavy (non-hydrogen) atoms. The number of rotatable bonds is 8. The Hall–Kier alpha value is -1.84. The molecule has 0 heterocycles. The summed E-state index contributed by atoms with van der Waals surface area (Å²) >= 11 is 0. The average molecular weight is 287 g/mol. The minimum Gasteiger partial charge on any atom is -0.481 e. The first-order valence-corrected chi connectivity index (χ1v) is 5.00. The lowest BCUT2D eigenvalue weighted by atomic mass is 10.1. The lowest BCUT2D eigenvalue weighted by molar-refractivity contribution is -0.176. The van der Waals surface area contributed by atoms with Crippen LogP contribution in [0.2, 0.25) is 0 Å². The highest BCUT2D eigenvalue weighted by molar-refractivity contribution is 5.84. The van der Waals surface area contributed by atoms with Crippen LogP contribution in [0.5, 0.6) is 0 Å². The summed E-state index contributed by atoms with van der Waals surface area (Å²) in [5, 5.41) is 18.9. The molecule has 0 spiro atoms. The molecule has 0 saturated heterocycles. The maximum Gasteiger partial charge on any atom is 0.411 e. The van der Waals surface area contributed by atoms with Crippen LogP contribution in [0.25, 0.3) is 0 Å². The van der Waals surface area contributed by atoms with Gasteiger partial charge in [0.15, 0.2) is 0 Å². The summed E-state index contributed by atoms with van der Waals surface area (Å²) in [7, 11) is 0. The Kier molecular flexibility index (Phi) is 6.83. The van der Waals surface area contributed by atoms with Gasteiger partial charge in [-0.1, -0.05) is 0 Å². The van der Waals surface area contributed by atoms with Gasteiger partial charge >= 0.3 is 18.1 Å². The predicted octanol–water partition coefficient (Wildman–Crippen LogP) is -0.000500. The fourth-order valence-corrected chi connectivity index (χ4v) is 1.02. The molecule has 0 aliphatic heterocycles. The first kappa shape index (κ1) is 17.2. The summed E-state index contributed by atoms with van der Waals surface area (Å²) in [5.74, 6) is -3.80. The Morgan fingerprint density at radius 3 is 2.21 bits per heavy atom. The zero-order valence-electron chi connectivity index (χ0n) is 9.57. The van der Waals surface area contributed by atoms with Crippen LogP contribution in [0.3, 0.4) is 0 Å². The second-order valence-corrected chi connectivity index (χ2v) is 3.50. The highest BCUT2D eigenvalue weighted by atomic mass is 19.4. The molecule has 0 bridgehead atoms.